The zero-order valence-corrected chi connectivity index (χ0v) is 18.8. The minimum Gasteiger partial charge on any atom is -0.363 e. The van der Waals surface area contributed by atoms with E-state index in [2.05, 4.69) is 53.5 Å². The molecule has 1 aromatic heterocycles. The van der Waals surface area contributed by atoms with Crippen LogP contribution in [0, 0.1) is 26.7 Å². The minimum absolute atomic E-state index is 0.488. The van der Waals surface area contributed by atoms with Gasteiger partial charge in [-0.1, -0.05) is 17.7 Å². The second kappa shape index (κ2) is 10.1. The molecule has 1 fully saturated rings. The first kappa shape index (κ1) is 21.6. The first-order chi connectivity index (χ1) is 13.9. The van der Waals surface area contributed by atoms with Crippen LogP contribution < -0.4 is 15.5 Å². The number of hydrogen-bond donors (Lipinski definition) is 2. The third-order valence-corrected chi connectivity index (χ3v) is 6.10. The van der Waals surface area contributed by atoms with Crippen molar-refractivity contribution in [3.8, 4) is 0 Å². The molecule has 0 spiro atoms. The second-order valence-electron chi connectivity index (χ2n) is 8.83. The van der Waals surface area contributed by atoms with Gasteiger partial charge in [0.25, 0.3) is 0 Å². The van der Waals surface area contributed by atoms with Gasteiger partial charge in [-0.15, -0.1) is 0 Å². The van der Waals surface area contributed by atoms with Crippen LogP contribution in [0.5, 0.6) is 0 Å². The Kier molecular flexibility index (Phi) is 7.48. The Hall–Kier alpha value is -2.14. The molecular weight excluding hydrogens is 358 g/mol. The highest BCUT2D eigenvalue weighted by Crippen LogP contribution is 2.26. The molecule has 1 aromatic carbocycles. The average Bonchev–Trinajstić information content (AvgIpc) is 2.68. The summed E-state index contributed by atoms with van der Waals surface area (Å²) >= 11 is 0. The van der Waals surface area contributed by atoms with Crippen molar-refractivity contribution in [1.29, 1.82) is 0 Å². The smallest absolute Gasteiger partial charge is 0.224 e. The molecule has 3 rings (SSSR count). The number of aryl methyl sites for hydroxylation is 3. The highest BCUT2D eigenvalue weighted by molar-refractivity contribution is 5.41. The quantitative estimate of drug-likeness (QED) is 0.654. The van der Waals surface area contributed by atoms with Crippen LogP contribution in [0.1, 0.15) is 47.9 Å². The van der Waals surface area contributed by atoms with E-state index in [1.54, 1.807) is 0 Å². The molecule has 0 aliphatic heterocycles. The van der Waals surface area contributed by atoms with Crippen LogP contribution in [0.15, 0.2) is 24.4 Å². The van der Waals surface area contributed by atoms with Gasteiger partial charge in [0.05, 0.1) is 0 Å². The van der Waals surface area contributed by atoms with E-state index >= 15 is 0 Å². The fraction of sp³-hybridized carbons (Fsp3) is 0.583. The Morgan fingerprint density at radius 2 is 1.72 bits per heavy atom. The van der Waals surface area contributed by atoms with E-state index in [4.69, 9.17) is 0 Å². The minimum atomic E-state index is 0.488. The van der Waals surface area contributed by atoms with Crippen molar-refractivity contribution < 1.29 is 0 Å². The lowest BCUT2D eigenvalue weighted by Crippen LogP contribution is -2.32. The molecular formula is C24H37N5. The van der Waals surface area contributed by atoms with Crippen LogP contribution in [-0.2, 0) is 6.42 Å². The zero-order chi connectivity index (χ0) is 20.8. The Bertz CT molecular complexity index is 771. The molecule has 0 amide bonds. The highest BCUT2D eigenvalue weighted by atomic mass is 15.2. The largest absolute Gasteiger partial charge is 0.363 e. The van der Waals surface area contributed by atoms with Gasteiger partial charge < -0.3 is 15.5 Å². The van der Waals surface area contributed by atoms with Gasteiger partial charge in [-0.3, -0.25) is 0 Å². The number of aromatic nitrogens is 2. The van der Waals surface area contributed by atoms with E-state index in [0.29, 0.717) is 6.04 Å². The molecule has 0 bridgehead atoms. The summed E-state index contributed by atoms with van der Waals surface area (Å²) in [4.78, 5) is 11.0. The predicted octanol–water partition coefficient (Wildman–Crippen LogP) is 4.27. The van der Waals surface area contributed by atoms with E-state index < -0.39 is 0 Å². The molecule has 1 aliphatic rings. The highest BCUT2D eigenvalue weighted by Gasteiger charge is 2.21. The topological polar surface area (TPSA) is 53.1 Å². The molecule has 29 heavy (non-hydrogen) atoms. The summed E-state index contributed by atoms with van der Waals surface area (Å²) in [5, 5.41) is 7.24. The standard InChI is InChI=1S/C24H37N5/c1-17-14-18(2)22(19(3)15-17)10-12-25-16-20-6-8-21(9-7-20)27-24-26-13-11-23(28-24)29(4)5/h11,13-15,20-21,25H,6-10,12,16H2,1-5H3,(H,26,27,28)/t20-,21+. The normalized spacial score (nSPS) is 19.2. The molecule has 2 N–H and O–H groups in total. The molecule has 1 aliphatic carbocycles. The van der Waals surface area contributed by atoms with Crippen LogP contribution in [0.25, 0.3) is 0 Å². The van der Waals surface area contributed by atoms with Gasteiger partial charge in [0.2, 0.25) is 5.95 Å². The Morgan fingerprint density at radius 3 is 2.38 bits per heavy atom. The molecule has 0 atom stereocenters. The second-order valence-corrected chi connectivity index (χ2v) is 8.83. The SMILES string of the molecule is Cc1cc(C)c(CCNC[C@H]2CC[C@@H](Nc3nccc(N(C)C)n3)CC2)c(C)c1. The number of nitrogens with one attached hydrogen (secondary N) is 2. The van der Waals surface area contributed by atoms with Crippen molar-refractivity contribution in [3.63, 3.8) is 0 Å². The van der Waals surface area contributed by atoms with E-state index in [9.17, 15) is 0 Å². The summed E-state index contributed by atoms with van der Waals surface area (Å²) < 4.78 is 0. The Balaban J connectivity index is 1.38. The van der Waals surface area contributed by atoms with Crippen molar-refractivity contribution in [2.45, 2.75) is 58.9 Å². The first-order valence-electron chi connectivity index (χ1n) is 11.0. The van der Waals surface area contributed by atoms with Crippen LogP contribution in [0.4, 0.5) is 11.8 Å². The molecule has 5 heteroatoms. The molecule has 158 valence electrons. The lowest BCUT2D eigenvalue weighted by molar-refractivity contribution is 0.325. The fourth-order valence-corrected chi connectivity index (χ4v) is 4.49. The van der Waals surface area contributed by atoms with E-state index in [1.165, 1.54) is 47.9 Å². The summed E-state index contributed by atoms with van der Waals surface area (Å²) in [6.07, 6.45) is 7.86. The number of benzene rings is 1. The molecule has 1 saturated carbocycles. The van der Waals surface area contributed by atoms with E-state index in [1.807, 2.05) is 31.3 Å². The van der Waals surface area contributed by atoms with Gasteiger partial charge in [-0.05, 0) is 94.6 Å². The maximum atomic E-state index is 4.59. The lowest BCUT2D eigenvalue weighted by Gasteiger charge is -2.29. The van der Waals surface area contributed by atoms with Gasteiger partial charge >= 0.3 is 0 Å². The lowest BCUT2D eigenvalue weighted by atomic mass is 9.86. The van der Waals surface area contributed by atoms with Crippen LogP contribution in [0.3, 0.4) is 0 Å². The first-order valence-corrected chi connectivity index (χ1v) is 11.0. The van der Waals surface area contributed by atoms with Crippen LogP contribution in [-0.4, -0.2) is 43.2 Å². The number of hydrogen-bond acceptors (Lipinski definition) is 5. The number of rotatable bonds is 8. The van der Waals surface area contributed by atoms with E-state index in [-0.39, 0.29) is 0 Å². The van der Waals surface area contributed by atoms with E-state index in [0.717, 1.165) is 37.2 Å². The maximum absolute atomic E-state index is 4.59. The molecule has 0 saturated heterocycles. The zero-order valence-electron chi connectivity index (χ0n) is 18.8. The molecule has 0 radical (unpaired) electrons. The Morgan fingerprint density at radius 1 is 1.03 bits per heavy atom. The monoisotopic (exact) mass is 395 g/mol. The van der Waals surface area contributed by atoms with Gasteiger partial charge in [-0.2, -0.15) is 4.98 Å². The summed E-state index contributed by atoms with van der Waals surface area (Å²) in [5.74, 6) is 2.48. The van der Waals surface area contributed by atoms with Crippen LogP contribution in [0.2, 0.25) is 0 Å². The fourth-order valence-electron chi connectivity index (χ4n) is 4.49. The molecule has 1 heterocycles. The van der Waals surface area contributed by atoms with Crippen LogP contribution >= 0.6 is 0 Å². The summed E-state index contributed by atoms with van der Waals surface area (Å²) in [6.45, 7) is 8.85. The van der Waals surface area contributed by atoms with Crippen molar-refractivity contribution in [1.82, 2.24) is 15.3 Å². The van der Waals surface area contributed by atoms with Gasteiger partial charge in [-0.25, -0.2) is 4.98 Å². The number of nitrogens with zero attached hydrogens (tertiary/aromatic N) is 3. The van der Waals surface area contributed by atoms with Gasteiger partial charge in [0.15, 0.2) is 0 Å². The maximum Gasteiger partial charge on any atom is 0.224 e. The Labute approximate surface area is 176 Å². The van der Waals surface area contributed by atoms with Crippen molar-refractivity contribution >= 4 is 11.8 Å². The van der Waals surface area contributed by atoms with Gasteiger partial charge in [0, 0.05) is 26.3 Å². The van der Waals surface area contributed by atoms with Gasteiger partial charge in [0.1, 0.15) is 5.82 Å². The molecule has 0 unspecified atom stereocenters. The van der Waals surface area contributed by atoms with Crippen molar-refractivity contribution in [2.24, 2.45) is 5.92 Å². The molecule has 5 nitrogen and oxygen atoms in total. The summed E-state index contributed by atoms with van der Waals surface area (Å²) in [5.41, 5.74) is 5.73. The third kappa shape index (κ3) is 6.17. The van der Waals surface area contributed by atoms with Crippen molar-refractivity contribution in [2.75, 3.05) is 37.4 Å². The molecule has 2 aromatic rings. The predicted molar refractivity (Wildman–Crippen MR) is 123 cm³/mol. The number of anilines is 2. The average molecular weight is 396 g/mol. The third-order valence-electron chi connectivity index (χ3n) is 6.10. The summed E-state index contributed by atoms with van der Waals surface area (Å²) in [7, 11) is 4.01. The van der Waals surface area contributed by atoms with Crippen molar-refractivity contribution in [3.05, 3.63) is 46.6 Å². The summed E-state index contributed by atoms with van der Waals surface area (Å²) in [6, 6.07) is 7.03.